The van der Waals surface area contributed by atoms with Gasteiger partial charge in [0.05, 0.1) is 23.5 Å². The lowest BCUT2D eigenvalue weighted by Gasteiger charge is -2.05. The molecule has 0 radical (unpaired) electrons. The van der Waals surface area contributed by atoms with Gasteiger partial charge in [-0.1, -0.05) is 12.1 Å². The van der Waals surface area contributed by atoms with Crippen molar-refractivity contribution in [3.05, 3.63) is 60.2 Å². The van der Waals surface area contributed by atoms with Crippen molar-refractivity contribution in [2.45, 2.75) is 6.42 Å². The molecular formula is C15H14N4O2. The normalized spacial score (nSPS) is 10.7. The summed E-state index contributed by atoms with van der Waals surface area (Å²) in [5.74, 6) is -0.229. The average Bonchev–Trinajstić information content (AvgIpc) is 2.93. The Morgan fingerprint density at radius 2 is 2.05 bits per heavy atom. The number of benzene rings is 1. The van der Waals surface area contributed by atoms with E-state index in [0.29, 0.717) is 23.2 Å². The molecule has 3 aromatic rings. The summed E-state index contributed by atoms with van der Waals surface area (Å²) in [4.78, 5) is 16.3. The van der Waals surface area contributed by atoms with Gasteiger partial charge >= 0.3 is 0 Å². The molecule has 0 spiro atoms. The summed E-state index contributed by atoms with van der Waals surface area (Å²) in [6.45, 7) is 0.112. The van der Waals surface area contributed by atoms with Crippen molar-refractivity contribution in [3.8, 4) is 0 Å². The van der Waals surface area contributed by atoms with Gasteiger partial charge in [0, 0.05) is 24.7 Å². The summed E-state index contributed by atoms with van der Waals surface area (Å²) in [5, 5.41) is 15.8. The van der Waals surface area contributed by atoms with E-state index in [1.54, 1.807) is 23.1 Å². The number of hydrogen-bond donors (Lipinski definition) is 2. The minimum absolute atomic E-state index is 0.112. The number of nitrogens with zero attached hydrogens (tertiary/aromatic N) is 3. The lowest BCUT2D eigenvalue weighted by atomic mass is 10.1. The second kappa shape index (κ2) is 5.72. The number of rotatable bonds is 4. The number of nitrogens with one attached hydrogen (secondary N) is 1. The van der Waals surface area contributed by atoms with Crippen molar-refractivity contribution in [2.75, 3.05) is 11.9 Å². The van der Waals surface area contributed by atoms with Gasteiger partial charge in [-0.3, -0.25) is 9.78 Å². The van der Waals surface area contributed by atoms with Crippen LogP contribution in [0, 0.1) is 0 Å². The third-order valence-electron chi connectivity index (χ3n) is 3.18. The van der Waals surface area contributed by atoms with E-state index in [0.717, 1.165) is 5.56 Å². The third-order valence-corrected chi connectivity index (χ3v) is 3.18. The minimum atomic E-state index is -0.229. The Morgan fingerprint density at radius 1 is 1.24 bits per heavy atom. The minimum Gasteiger partial charge on any atom is -0.396 e. The number of aliphatic hydroxyl groups is 1. The fourth-order valence-electron chi connectivity index (χ4n) is 2.09. The zero-order valence-electron chi connectivity index (χ0n) is 11.2. The van der Waals surface area contributed by atoms with Crippen molar-refractivity contribution in [3.63, 3.8) is 0 Å². The van der Waals surface area contributed by atoms with E-state index in [2.05, 4.69) is 15.4 Å². The van der Waals surface area contributed by atoms with Crippen LogP contribution < -0.4 is 5.32 Å². The van der Waals surface area contributed by atoms with Crippen LogP contribution in [0.3, 0.4) is 0 Å². The molecule has 3 rings (SSSR count). The maximum atomic E-state index is 12.3. The molecule has 0 aliphatic heterocycles. The highest BCUT2D eigenvalue weighted by Crippen LogP contribution is 2.14. The van der Waals surface area contributed by atoms with Gasteiger partial charge in [0.15, 0.2) is 0 Å². The number of aromatic nitrogens is 3. The number of hydrogen-bond acceptors (Lipinski definition) is 4. The first kappa shape index (κ1) is 13.3. The molecule has 21 heavy (non-hydrogen) atoms. The van der Waals surface area contributed by atoms with Crippen LogP contribution in [0.1, 0.15) is 15.9 Å². The summed E-state index contributed by atoms with van der Waals surface area (Å²) >= 11 is 0. The van der Waals surface area contributed by atoms with Gasteiger partial charge in [0.25, 0.3) is 5.91 Å². The molecule has 1 aromatic carbocycles. The smallest absolute Gasteiger partial charge is 0.259 e. The fraction of sp³-hybridized carbons (Fsp3) is 0.133. The molecule has 2 heterocycles. The fourth-order valence-corrected chi connectivity index (χ4v) is 2.09. The van der Waals surface area contributed by atoms with Gasteiger partial charge in [-0.2, -0.15) is 5.10 Å². The first-order chi connectivity index (χ1) is 10.3. The molecule has 6 nitrogen and oxygen atoms in total. The van der Waals surface area contributed by atoms with E-state index >= 15 is 0 Å². The Kier molecular flexibility index (Phi) is 3.61. The maximum absolute atomic E-state index is 12.3. The van der Waals surface area contributed by atoms with E-state index in [9.17, 15) is 4.79 Å². The van der Waals surface area contributed by atoms with Crippen LogP contribution in [0.15, 0.2) is 49.1 Å². The Balaban J connectivity index is 1.79. The van der Waals surface area contributed by atoms with E-state index in [1.807, 2.05) is 24.3 Å². The van der Waals surface area contributed by atoms with Crippen molar-refractivity contribution in [1.82, 2.24) is 14.6 Å². The summed E-state index contributed by atoms with van der Waals surface area (Å²) in [5.41, 5.74) is 2.86. The molecule has 0 aliphatic carbocycles. The molecule has 0 saturated heterocycles. The number of fused-ring (bicyclic) bond motifs is 1. The highest BCUT2D eigenvalue weighted by molar-refractivity contribution is 6.08. The molecule has 106 valence electrons. The van der Waals surface area contributed by atoms with Crippen molar-refractivity contribution >= 4 is 17.1 Å². The standard InChI is InChI=1S/C15H14N4O2/c20-8-5-11-1-3-12(4-2-11)18-15(21)13-9-17-19-7-6-16-10-14(13)19/h1-4,6-7,9-10,20H,5,8H2,(H,18,21). The Hall–Kier alpha value is -2.73. The van der Waals surface area contributed by atoms with E-state index < -0.39 is 0 Å². The molecule has 1 amide bonds. The van der Waals surface area contributed by atoms with Gasteiger partial charge in [-0.05, 0) is 24.1 Å². The summed E-state index contributed by atoms with van der Waals surface area (Å²) < 4.78 is 1.60. The van der Waals surface area contributed by atoms with Crippen LogP contribution in [-0.2, 0) is 6.42 Å². The molecule has 0 bridgehead atoms. The maximum Gasteiger partial charge on any atom is 0.259 e. The van der Waals surface area contributed by atoms with Crippen LogP contribution in [0.4, 0.5) is 5.69 Å². The van der Waals surface area contributed by atoms with E-state index in [-0.39, 0.29) is 12.5 Å². The first-order valence-corrected chi connectivity index (χ1v) is 6.56. The average molecular weight is 282 g/mol. The number of anilines is 1. The topological polar surface area (TPSA) is 79.5 Å². The number of amides is 1. The predicted octanol–water partition coefficient (Wildman–Crippen LogP) is 1.52. The first-order valence-electron chi connectivity index (χ1n) is 6.56. The number of carbonyl (C=O) groups excluding carboxylic acids is 1. The molecular weight excluding hydrogens is 268 g/mol. The molecule has 0 fully saturated rings. The van der Waals surface area contributed by atoms with Crippen molar-refractivity contribution in [1.29, 1.82) is 0 Å². The monoisotopic (exact) mass is 282 g/mol. The highest BCUT2D eigenvalue weighted by atomic mass is 16.3. The zero-order valence-corrected chi connectivity index (χ0v) is 11.2. The molecule has 2 N–H and O–H groups in total. The summed E-state index contributed by atoms with van der Waals surface area (Å²) in [6, 6.07) is 7.38. The lowest BCUT2D eigenvalue weighted by Crippen LogP contribution is -2.11. The largest absolute Gasteiger partial charge is 0.396 e. The van der Waals surface area contributed by atoms with Crippen molar-refractivity contribution < 1.29 is 9.90 Å². The Morgan fingerprint density at radius 3 is 2.81 bits per heavy atom. The quantitative estimate of drug-likeness (QED) is 0.760. The lowest BCUT2D eigenvalue weighted by molar-refractivity contribution is 0.102. The van der Waals surface area contributed by atoms with E-state index in [4.69, 9.17) is 5.11 Å². The zero-order chi connectivity index (χ0) is 14.7. The van der Waals surface area contributed by atoms with E-state index in [1.165, 1.54) is 6.20 Å². The van der Waals surface area contributed by atoms with Crippen LogP contribution in [0.25, 0.3) is 5.52 Å². The predicted molar refractivity (Wildman–Crippen MR) is 78.2 cm³/mol. The number of carbonyl (C=O) groups is 1. The Labute approximate surface area is 121 Å². The molecule has 6 heteroatoms. The molecule has 0 aliphatic rings. The van der Waals surface area contributed by atoms with Gasteiger partial charge in [-0.25, -0.2) is 4.52 Å². The Bertz CT molecular complexity index is 765. The summed E-state index contributed by atoms with van der Waals surface area (Å²) in [6.07, 6.45) is 7.03. The molecule has 0 atom stereocenters. The van der Waals surface area contributed by atoms with Crippen LogP contribution in [0.5, 0.6) is 0 Å². The molecule has 0 saturated carbocycles. The van der Waals surface area contributed by atoms with Crippen LogP contribution in [-0.4, -0.2) is 32.2 Å². The SMILES string of the molecule is O=C(Nc1ccc(CCO)cc1)c1cnn2ccncc12. The van der Waals surface area contributed by atoms with Gasteiger partial charge in [0.1, 0.15) is 0 Å². The van der Waals surface area contributed by atoms with Crippen LogP contribution in [0.2, 0.25) is 0 Å². The van der Waals surface area contributed by atoms with Gasteiger partial charge in [0.2, 0.25) is 0 Å². The third kappa shape index (κ3) is 2.75. The van der Waals surface area contributed by atoms with Gasteiger partial charge in [-0.15, -0.1) is 0 Å². The van der Waals surface area contributed by atoms with Gasteiger partial charge < -0.3 is 10.4 Å². The second-order valence-electron chi connectivity index (χ2n) is 4.59. The van der Waals surface area contributed by atoms with Crippen LogP contribution >= 0.6 is 0 Å². The van der Waals surface area contributed by atoms with Crippen molar-refractivity contribution in [2.24, 2.45) is 0 Å². The summed E-state index contributed by atoms with van der Waals surface area (Å²) in [7, 11) is 0. The molecule has 0 unspecified atom stereocenters. The highest BCUT2D eigenvalue weighted by Gasteiger charge is 2.12. The molecule has 2 aromatic heterocycles. The number of aliphatic hydroxyl groups excluding tert-OH is 1. The second-order valence-corrected chi connectivity index (χ2v) is 4.59.